The number of likely N-dealkylation sites (N-methyl/N-ethyl adjacent to an activating group) is 2. The molecule has 0 heterocycles. The molecule has 1 aliphatic carbocycles. The Balaban J connectivity index is 1.60. The van der Waals surface area contributed by atoms with E-state index in [4.69, 9.17) is 0 Å². The van der Waals surface area contributed by atoms with Crippen LogP contribution in [-0.4, -0.2) is 37.7 Å². The molecule has 1 N–H and O–H groups in total. The number of hydrogen-bond acceptors (Lipinski definition) is 2. The van der Waals surface area contributed by atoms with Gasteiger partial charge in [0.25, 0.3) is 5.91 Å². The zero-order valence-electron chi connectivity index (χ0n) is 16.0. The first-order valence-corrected chi connectivity index (χ1v) is 10.6. The van der Waals surface area contributed by atoms with Crippen molar-refractivity contribution < 1.29 is 9.69 Å². The predicted octanol–water partition coefficient (Wildman–Crippen LogP) is 2.96. The number of fused-ring (bicyclic) bond motifs is 1. The molecule has 3 rings (SSSR count). The molecule has 3 nitrogen and oxygen atoms in total. The van der Waals surface area contributed by atoms with Crippen molar-refractivity contribution in [1.29, 1.82) is 0 Å². The normalized spacial score (nSPS) is 17.4. The Bertz CT molecular complexity index is 744. The van der Waals surface area contributed by atoms with Gasteiger partial charge in [-0.25, -0.2) is 0 Å². The molecule has 0 radical (unpaired) electrons. The summed E-state index contributed by atoms with van der Waals surface area (Å²) in [6.07, 6.45) is 5.62. The van der Waals surface area contributed by atoms with Crippen molar-refractivity contribution in [3.8, 4) is 0 Å². The Kier molecular flexibility index (Phi) is 6.38. The number of benzene rings is 2. The van der Waals surface area contributed by atoms with Gasteiger partial charge in [0.2, 0.25) is 0 Å². The summed E-state index contributed by atoms with van der Waals surface area (Å²) in [7, 11) is 4.07. The van der Waals surface area contributed by atoms with Gasteiger partial charge < -0.3 is 9.80 Å². The van der Waals surface area contributed by atoms with Crippen LogP contribution in [0.1, 0.15) is 35.6 Å². The molecule has 0 aliphatic heterocycles. The highest BCUT2D eigenvalue weighted by Crippen LogP contribution is 2.27. The largest absolute Gasteiger partial charge is 0.337 e. The first-order valence-electron chi connectivity index (χ1n) is 9.35. The Morgan fingerprint density at radius 1 is 1.19 bits per heavy atom. The van der Waals surface area contributed by atoms with Crippen LogP contribution in [0, 0.1) is 0 Å². The van der Waals surface area contributed by atoms with Crippen LogP contribution >= 0.6 is 11.8 Å². The van der Waals surface area contributed by atoms with E-state index in [1.807, 2.05) is 11.9 Å². The number of hydrogen-bond donors (Lipinski definition) is 1. The molecule has 1 amide bonds. The molecule has 26 heavy (non-hydrogen) atoms. The van der Waals surface area contributed by atoms with Crippen LogP contribution < -0.4 is 4.90 Å². The lowest BCUT2D eigenvalue weighted by Crippen LogP contribution is -3.10. The van der Waals surface area contributed by atoms with Crippen LogP contribution in [0.5, 0.6) is 0 Å². The highest BCUT2D eigenvalue weighted by molar-refractivity contribution is 7.98. The van der Waals surface area contributed by atoms with Crippen molar-refractivity contribution in [2.75, 3.05) is 26.9 Å². The Morgan fingerprint density at radius 3 is 2.65 bits per heavy atom. The van der Waals surface area contributed by atoms with Gasteiger partial charge in [-0.05, 0) is 42.4 Å². The second kappa shape index (κ2) is 8.74. The van der Waals surface area contributed by atoms with E-state index in [-0.39, 0.29) is 5.91 Å². The zero-order chi connectivity index (χ0) is 18.5. The Morgan fingerprint density at radius 2 is 1.92 bits per heavy atom. The third-order valence-corrected chi connectivity index (χ3v) is 6.14. The van der Waals surface area contributed by atoms with E-state index in [1.54, 1.807) is 11.8 Å². The maximum atomic E-state index is 12.7. The number of thioether (sulfide) groups is 1. The van der Waals surface area contributed by atoms with Crippen LogP contribution in [0.4, 0.5) is 0 Å². The number of quaternary nitrogens is 1. The van der Waals surface area contributed by atoms with Crippen molar-refractivity contribution in [2.45, 2.75) is 36.7 Å². The minimum atomic E-state index is 0.208. The van der Waals surface area contributed by atoms with Crippen LogP contribution in [-0.2, 0) is 17.8 Å². The lowest BCUT2D eigenvalue weighted by atomic mass is 9.87. The average Bonchev–Trinajstić information content (AvgIpc) is 2.68. The van der Waals surface area contributed by atoms with Crippen molar-refractivity contribution >= 4 is 17.7 Å². The lowest BCUT2D eigenvalue weighted by molar-refractivity contribution is -0.905. The first-order chi connectivity index (χ1) is 12.6. The number of carbonyl (C=O) groups is 1. The van der Waals surface area contributed by atoms with E-state index in [0.29, 0.717) is 19.1 Å². The molecule has 1 unspecified atom stereocenters. The van der Waals surface area contributed by atoms with Crippen LogP contribution in [0.3, 0.4) is 0 Å². The molecule has 1 aliphatic rings. The first kappa shape index (κ1) is 19.0. The number of nitrogens with zero attached hydrogens (tertiary/aromatic N) is 1. The van der Waals surface area contributed by atoms with Crippen molar-refractivity contribution in [2.24, 2.45) is 0 Å². The molecule has 2 atom stereocenters. The highest BCUT2D eigenvalue weighted by Gasteiger charge is 2.28. The number of carbonyl (C=O) groups excluding carboxylic acids is 1. The molecule has 0 saturated heterocycles. The molecular weight excluding hydrogens is 340 g/mol. The smallest absolute Gasteiger partial charge is 0.277 e. The summed E-state index contributed by atoms with van der Waals surface area (Å²) in [5.74, 6) is 0.208. The highest BCUT2D eigenvalue weighted by atomic mass is 32.2. The van der Waals surface area contributed by atoms with E-state index in [2.05, 4.69) is 61.8 Å². The zero-order valence-corrected chi connectivity index (χ0v) is 16.8. The quantitative estimate of drug-likeness (QED) is 0.792. The topological polar surface area (TPSA) is 24.8 Å². The molecule has 0 aromatic heterocycles. The van der Waals surface area contributed by atoms with E-state index in [9.17, 15) is 4.79 Å². The Hall–Kier alpha value is -1.78. The van der Waals surface area contributed by atoms with Gasteiger partial charge in [0.1, 0.15) is 6.04 Å². The van der Waals surface area contributed by atoms with Crippen LogP contribution in [0.2, 0.25) is 0 Å². The minimum absolute atomic E-state index is 0.208. The summed E-state index contributed by atoms with van der Waals surface area (Å²) >= 11 is 1.74. The van der Waals surface area contributed by atoms with Gasteiger partial charge in [-0.2, -0.15) is 0 Å². The maximum Gasteiger partial charge on any atom is 0.277 e. The second-order valence-corrected chi connectivity index (χ2v) is 8.14. The van der Waals surface area contributed by atoms with Crippen molar-refractivity contribution in [3.05, 3.63) is 65.2 Å². The molecule has 138 valence electrons. The standard InChI is InChI=1S/C22H28N2OS/c1-23(21-10-6-8-18-7-4-5-9-20(18)21)16-22(25)24(2)15-17-11-13-19(26-3)14-12-17/h4-5,7,9,11-14,21H,6,8,10,15-16H2,1-3H3/p+1/t21-/m1/s1. The SMILES string of the molecule is CSc1ccc(CN(C)C(=O)C[NH+](C)[C@@H]2CCCc3ccccc32)cc1. The van der Waals surface area contributed by atoms with E-state index < -0.39 is 0 Å². The number of rotatable bonds is 6. The van der Waals surface area contributed by atoms with Crippen LogP contribution in [0.25, 0.3) is 0 Å². The van der Waals surface area contributed by atoms with Gasteiger partial charge in [-0.1, -0.05) is 36.4 Å². The van der Waals surface area contributed by atoms with Crippen LogP contribution in [0.15, 0.2) is 53.4 Å². The van der Waals surface area contributed by atoms with Gasteiger partial charge in [-0.3, -0.25) is 4.79 Å². The van der Waals surface area contributed by atoms with Gasteiger partial charge in [0.15, 0.2) is 6.54 Å². The van der Waals surface area contributed by atoms with Gasteiger partial charge in [0.05, 0.1) is 7.05 Å². The summed E-state index contributed by atoms with van der Waals surface area (Å²) in [5, 5.41) is 0. The molecular formula is C22H29N2OS+. The van der Waals surface area contributed by atoms with Gasteiger partial charge >= 0.3 is 0 Å². The number of amides is 1. The lowest BCUT2D eigenvalue weighted by Gasteiger charge is -2.31. The third-order valence-electron chi connectivity index (χ3n) is 5.40. The summed E-state index contributed by atoms with van der Waals surface area (Å²) < 4.78 is 0. The van der Waals surface area contributed by atoms with E-state index >= 15 is 0 Å². The molecule has 0 bridgehead atoms. The predicted molar refractivity (Wildman–Crippen MR) is 109 cm³/mol. The summed E-state index contributed by atoms with van der Waals surface area (Å²) in [6.45, 7) is 1.21. The third kappa shape index (κ3) is 4.49. The molecule has 2 aromatic carbocycles. The van der Waals surface area contributed by atoms with Gasteiger partial charge in [-0.15, -0.1) is 11.8 Å². The minimum Gasteiger partial charge on any atom is -0.337 e. The second-order valence-electron chi connectivity index (χ2n) is 7.26. The fraction of sp³-hybridized carbons (Fsp3) is 0.409. The molecule has 0 spiro atoms. The molecule has 0 fully saturated rings. The van der Waals surface area contributed by atoms with E-state index in [1.165, 1.54) is 39.3 Å². The van der Waals surface area contributed by atoms with E-state index in [0.717, 1.165) is 6.42 Å². The fourth-order valence-electron chi connectivity index (χ4n) is 3.86. The maximum absolute atomic E-state index is 12.7. The Labute approximate surface area is 161 Å². The summed E-state index contributed by atoms with van der Waals surface area (Å²) in [4.78, 5) is 17.1. The number of nitrogens with one attached hydrogen (secondary N) is 1. The molecule has 2 aromatic rings. The van der Waals surface area contributed by atoms with Crippen molar-refractivity contribution in [3.63, 3.8) is 0 Å². The fourth-order valence-corrected chi connectivity index (χ4v) is 4.26. The summed E-state index contributed by atoms with van der Waals surface area (Å²) in [5.41, 5.74) is 4.07. The number of aryl methyl sites for hydroxylation is 1. The molecule has 0 saturated carbocycles. The van der Waals surface area contributed by atoms with Gasteiger partial charge in [0, 0.05) is 30.5 Å². The van der Waals surface area contributed by atoms with Crippen molar-refractivity contribution in [1.82, 2.24) is 4.90 Å². The average molecular weight is 370 g/mol. The summed E-state index contributed by atoms with van der Waals surface area (Å²) in [6, 6.07) is 17.6. The monoisotopic (exact) mass is 369 g/mol. The molecule has 4 heteroatoms.